The maximum Gasteiger partial charge on any atom is 0.319 e. The van der Waals surface area contributed by atoms with Crippen LogP contribution in [0.1, 0.15) is 38.5 Å². The molecule has 1 saturated carbocycles. The molecule has 0 radical (unpaired) electrons. The predicted octanol–water partition coefficient (Wildman–Crippen LogP) is 3.56. The van der Waals surface area contributed by atoms with Crippen molar-refractivity contribution in [3.05, 3.63) is 17.2 Å². The topological polar surface area (TPSA) is 79.8 Å². The van der Waals surface area contributed by atoms with Gasteiger partial charge < -0.3 is 25.2 Å². The number of urea groups is 1. The molecule has 6 nitrogen and oxygen atoms in total. The number of aliphatic hydroxyl groups is 1. The van der Waals surface area contributed by atoms with E-state index in [-0.39, 0.29) is 6.54 Å². The highest BCUT2D eigenvalue weighted by atomic mass is 35.5. The van der Waals surface area contributed by atoms with Crippen molar-refractivity contribution >= 4 is 23.3 Å². The quantitative estimate of drug-likeness (QED) is 0.705. The molecule has 7 heteroatoms. The van der Waals surface area contributed by atoms with E-state index < -0.39 is 11.6 Å². The lowest BCUT2D eigenvalue weighted by molar-refractivity contribution is 0.0281. The lowest BCUT2D eigenvalue weighted by Gasteiger charge is -2.26. The molecule has 3 N–H and O–H groups in total. The zero-order valence-electron chi connectivity index (χ0n) is 14.2. The average Bonchev–Trinajstić information content (AvgIpc) is 2.79. The molecule has 0 atom stereocenters. The van der Waals surface area contributed by atoms with Gasteiger partial charge in [0.25, 0.3) is 0 Å². The van der Waals surface area contributed by atoms with Crippen molar-refractivity contribution in [3.8, 4) is 11.5 Å². The summed E-state index contributed by atoms with van der Waals surface area (Å²) in [7, 11) is 2.99. The second-order valence-corrected chi connectivity index (χ2v) is 6.54. The van der Waals surface area contributed by atoms with E-state index in [4.69, 9.17) is 21.1 Å². The normalized spacial score (nSPS) is 16.8. The summed E-state index contributed by atoms with van der Waals surface area (Å²) in [5, 5.41) is 16.4. The molecule has 2 rings (SSSR count). The number of halogens is 1. The van der Waals surface area contributed by atoms with Crippen LogP contribution in [-0.4, -0.2) is 37.5 Å². The zero-order chi connectivity index (χ0) is 17.6. The molecule has 0 heterocycles. The van der Waals surface area contributed by atoms with Gasteiger partial charge in [0, 0.05) is 18.7 Å². The minimum absolute atomic E-state index is 0.228. The van der Waals surface area contributed by atoms with Crippen molar-refractivity contribution in [2.45, 2.75) is 44.1 Å². The predicted molar refractivity (Wildman–Crippen MR) is 94.2 cm³/mol. The summed E-state index contributed by atoms with van der Waals surface area (Å²) in [5.74, 6) is 0.874. The van der Waals surface area contributed by atoms with Gasteiger partial charge in [0.2, 0.25) is 0 Å². The Kier molecular flexibility index (Phi) is 6.57. The fourth-order valence-electron chi connectivity index (χ4n) is 2.93. The Hall–Kier alpha value is -1.66. The lowest BCUT2D eigenvalue weighted by Crippen LogP contribution is -2.44. The second-order valence-electron chi connectivity index (χ2n) is 6.13. The van der Waals surface area contributed by atoms with Crippen LogP contribution in [0.25, 0.3) is 0 Å². The van der Waals surface area contributed by atoms with Crippen LogP contribution >= 0.6 is 11.6 Å². The maximum atomic E-state index is 12.2. The van der Waals surface area contributed by atoms with Crippen molar-refractivity contribution in [3.63, 3.8) is 0 Å². The van der Waals surface area contributed by atoms with Crippen LogP contribution in [0.15, 0.2) is 12.1 Å². The molecule has 0 aromatic heterocycles. The van der Waals surface area contributed by atoms with Gasteiger partial charge in [0.15, 0.2) is 0 Å². The van der Waals surface area contributed by atoms with Crippen LogP contribution in [0.3, 0.4) is 0 Å². The summed E-state index contributed by atoms with van der Waals surface area (Å²) >= 11 is 6.05. The van der Waals surface area contributed by atoms with Gasteiger partial charge >= 0.3 is 6.03 Å². The molecule has 1 fully saturated rings. The molecular formula is C17H25ClN2O4. The first-order valence-electron chi connectivity index (χ1n) is 8.16. The molecule has 0 bridgehead atoms. The van der Waals surface area contributed by atoms with Gasteiger partial charge in [-0.1, -0.05) is 37.3 Å². The van der Waals surface area contributed by atoms with Crippen molar-refractivity contribution in [1.29, 1.82) is 0 Å². The monoisotopic (exact) mass is 356 g/mol. The van der Waals surface area contributed by atoms with Crippen molar-refractivity contribution in [2.24, 2.45) is 0 Å². The van der Waals surface area contributed by atoms with Gasteiger partial charge in [-0.3, -0.25) is 0 Å². The van der Waals surface area contributed by atoms with Crippen molar-refractivity contribution in [1.82, 2.24) is 5.32 Å². The van der Waals surface area contributed by atoms with Crippen molar-refractivity contribution in [2.75, 3.05) is 26.1 Å². The van der Waals surface area contributed by atoms with Gasteiger partial charge in [0.05, 0.1) is 30.5 Å². The van der Waals surface area contributed by atoms with Gasteiger partial charge in [-0.2, -0.15) is 0 Å². The first-order chi connectivity index (χ1) is 11.5. The molecule has 1 aromatic carbocycles. The fraction of sp³-hybridized carbons (Fsp3) is 0.588. The third kappa shape index (κ3) is 4.92. The smallest absolute Gasteiger partial charge is 0.319 e. The highest BCUT2D eigenvalue weighted by molar-refractivity contribution is 6.32. The van der Waals surface area contributed by atoms with Gasteiger partial charge in [-0.05, 0) is 12.8 Å². The molecule has 2 amide bonds. The number of anilines is 1. The second kappa shape index (κ2) is 8.44. The Morgan fingerprint density at radius 2 is 1.79 bits per heavy atom. The Morgan fingerprint density at radius 3 is 2.38 bits per heavy atom. The molecule has 0 unspecified atom stereocenters. The van der Waals surface area contributed by atoms with Gasteiger partial charge in [-0.25, -0.2) is 4.79 Å². The number of amides is 2. The highest BCUT2D eigenvalue weighted by Crippen LogP contribution is 2.35. The average molecular weight is 357 g/mol. The lowest BCUT2D eigenvalue weighted by atomic mass is 9.95. The summed E-state index contributed by atoms with van der Waals surface area (Å²) in [6.45, 7) is 0.228. The zero-order valence-corrected chi connectivity index (χ0v) is 14.9. The minimum Gasteiger partial charge on any atom is -0.495 e. The van der Waals surface area contributed by atoms with Crippen LogP contribution < -0.4 is 20.1 Å². The van der Waals surface area contributed by atoms with Crippen LogP contribution in [0.5, 0.6) is 11.5 Å². The number of carbonyl (C=O) groups is 1. The van der Waals surface area contributed by atoms with E-state index in [0.29, 0.717) is 35.1 Å². The molecule has 1 aliphatic carbocycles. The molecular weight excluding hydrogens is 332 g/mol. The number of ether oxygens (including phenoxy) is 2. The molecule has 0 saturated heterocycles. The number of hydrogen-bond donors (Lipinski definition) is 3. The number of carbonyl (C=O) groups excluding carboxylic acids is 1. The summed E-state index contributed by atoms with van der Waals surface area (Å²) in [6, 6.07) is 2.77. The Bertz CT molecular complexity index is 572. The summed E-state index contributed by atoms with van der Waals surface area (Å²) in [6.07, 6.45) is 5.67. The molecule has 0 spiro atoms. The molecule has 134 valence electrons. The van der Waals surface area contributed by atoms with E-state index in [1.54, 1.807) is 12.1 Å². The summed E-state index contributed by atoms with van der Waals surface area (Å²) in [4.78, 5) is 12.2. The van der Waals surface area contributed by atoms with Crippen LogP contribution in [0.2, 0.25) is 5.02 Å². The SMILES string of the molecule is COc1cc(NC(=O)NCC2(O)CCCCCC2)c(OC)cc1Cl. The first kappa shape index (κ1) is 18.7. The Balaban J connectivity index is 1.99. The fourth-order valence-corrected chi connectivity index (χ4v) is 3.16. The molecule has 24 heavy (non-hydrogen) atoms. The summed E-state index contributed by atoms with van der Waals surface area (Å²) in [5.41, 5.74) is -0.376. The molecule has 1 aromatic rings. The molecule has 1 aliphatic rings. The maximum absolute atomic E-state index is 12.2. The van der Waals surface area contributed by atoms with E-state index in [1.807, 2.05) is 0 Å². The number of methoxy groups -OCH3 is 2. The van der Waals surface area contributed by atoms with E-state index in [1.165, 1.54) is 14.2 Å². The van der Waals surface area contributed by atoms with Crippen LogP contribution in [0.4, 0.5) is 10.5 Å². The van der Waals surface area contributed by atoms with Gasteiger partial charge in [-0.15, -0.1) is 0 Å². The largest absolute Gasteiger partial charge is 0.495 e. The molecule has 0 aliphatic heterocycles. The first-order valence-corrected chi connectivity index (χ1v) is 8.54. The van der Waals surface area contributed by atoms with Gasteiger partial charge in [0.1, 0.15) is 11.5 Å². The number of hydrogen-bond acceptors (Lipinski definition) is 4. The Labute approximate surface area is 147 Å². The standard InChI is InChI=1S/C17H25ClN2O4/c1-23-14-10-13(15(24-2)9-12(14)18)20-16(21)19-11-17(22)7-5-3-4-6-8-17/h9-10,22H,3-8,11H2,1-2H3,(H2,19,20,21). The van der Waals surface area contributed by atoms with E-state index in [2.05, 4.69) is 10.6 Å². The highest BCUT2D eigenvalue weighted by Gasteiger charge is 2.28. The van der Waals surface area contributed by atoms with E-state index >= 15 is 0 Å². The third-order valence-corrected chi connectivity index (χ3v) is 4.63. The van der Waals surface area contributed by atoms with E-state index in [9.17, 15) is 9.90 Å². The summed E-state index contributed by atoms with van der Waals surface area (Å²) < 4.78 is 10.4. The number of rotatable bonds is 5. The van der Waals surface area contributed by atoms with E-state index in [0.717, 1.165) is 25.7 Å². The van der Waals surface area contributed by atoms with Crippen LogP contribution in [-0.2, 0) is 0 Å². The van der Waals surface area contributed by atoms with Crippen molar-refractivity contribution < 1.29 is 19.4 Å². The number of nitrogens with one attached hydrogen (secondary N) is 2. The number of benzene rings is 1. The Morgan fingerprint density at radius 1 is 1.17 bits per heavy atom. The van der Waals surface area contributed by atoms with Crippen LogP contribution in [0, 0.1) is 0 Å². The third-order valence-electron chi connectivity index (χ3n) is 4.33. The minimum atomic E-state index is -0.824.